The summed E-state index contributed by atoms with van der Waals surface area (Å²) in [5, 5.41) is 9.28. The number of carboxylic acids is 1. The molecule has 1 fully saturated rings. The molecule has 2 atom stereocenters. The number of sulfonamides is 2. The first-order valence-electron chi connectivity index (χ1n) is 7.95. The lowest BCUT2D eigenvalue weighted by molar-refractivity contribution is -0.140. The topological polar surface area (TPSA) is 130 Å². The molecular formula is C15H22N2O6S2. The lowest BCUT2D eigenvalue weighted by atomic mass is 10.0. The van der Waals surface area contributed by atoms with E-state index in [4.69, 9.17) is 0 Å². The lowest BCUT2D eigenvalue weighted by Crippen LogP contribution is -2.45. The fourth-order valence-electron chi connectivity index (χ4n) is 2.25. The van der Waals surface area contributed by atoms with Gasteiger partial charge >= 0.3 is 5.97 Å². The molecule has 1 aromatic carbocycles. The Hall–Kier alpha value is -1.49. The minimum absolute atomic E-state index is 0.180. The van der Waals surface area contributed by atoms with Crippen molar-refractivity contribution in [1.29, 1.82) is 0 Å². The first kappa shape index (κ1) is 19.8. The molecule has 3 N–H and O–H groups in total. The van der Waals surface area contributed by atoms with Crippen LogP contribution in [0.25, 0.3) is 0 Å². The Morgan fingerprint density at radius 1 is 1.16 bits per heavy atom. The van der Waals surface area contributed by atoms with Crippen LogP contribution in [0.4, 0.5) is 0 Å². The maximum absolute atomic E-state index is 12.7. The number of carbonyl (C=O) groups is 1. The van der Waals surface area contributed by atoms with Crippen molar-refractivity contribution in [3.8, 4) is 0 Å². The summed E-state index contributed by atoms with van der Waals surface area (Å²) in [5.41, 5.74) is 0. The van der Waals surface area contributed by atoms with Gasteiger partial charge in [0.25, 0.3) is 0 Å². The summed E-state index contributed by atoms with van der Waals surface area (Å²) >= 11 is 0. The van der Waals surface area contributed by atoms with Crippen LogP contribution in [0.2, 0.25) is 0 Å². The molecule has 0 spiro atoms. The third-order valence-corrected chi connectivity index (χ3v) is 7.30. The minimum Gasteiger partial charge on any atom is -0.480 e. The van der Waals surface area contributed by atoms with E-state index in [0.717, 1.165) is 6.07 Å². The summed E-state index contributed by atoms with van der Waals surface area (Å²) in [4.78, 5) is 10.5. The molecule has 0 aliphatic heterocycles. The van der Waals surface area contributed by atoms with Crippen molar-refractivity contribution >= 4 is 26.0 Å². The summed E-state index contributed by atoms with van der Waals surface area (Å²) in [6.07, 6.45) is 1.87. The molecule has 0 radical (unpaired) electrons. The number of hydrogen-bond acceptors (Lipinski definition) is 5. The van der Waals surface area contributed by atoms with Gasteiger partial charge in [-0.1, -0.05) is 32.4 Å². The molecule has 0 aromatic heterocycles. The summed E-state index contributed by atoms with van der Waals surface area (Å²) in [7, 11) is -8.35. The van der Waals surface area contributed by atoms with Gasteiger partial charge in [-0.15, -0.1) is 0 Å². The molecule has 0 heterocycles. The highest BCUT2D eigenvalue weighted by Gasteiger charge is 2.34. The quantitative estimate of drug-likeness (QED) is 0.574. The zero-order valence-electron chi connectivity index (χ0n) is 14.0. The van der Waals surface area contributed by atoms with E-state index in [1.165, 1.54) is 18.2 Å². The van der Waals surface area contributed by atoms with E-state index >= 15 is 0 Å². The van der Waals surface area contributed by atoms with Crippen LogP contribution >= 0.6 is 0 Å². The van der Waals surface area contributed by atoms with Gasteiger partial charge in [0.05, 0.1) is 0 Å². The average molecular weight is 390 g/mol. The molecule has 1 aliphatic carbocycles. The summed E-state index contributed by atoms with van der Waals surface area (Å²) in [5.74, 6) is -1.77. The van der Waals surface area contributed by atoms with Crippen molar-refractivity contribution in [1.82, 2.24) is 9.44 Å². The van der Waals surface area contributed by atoms with E-state index in [-0.39, 0.29) is 10.9 Å². The van der Waals surface area contributed by atoms with Gasteiger partial charge in [0.15, 0.2) is 0 Å². The van der Waals surface area contributed by atoms with Crippen LogP contribution in [0, 0.1) is 5.92 Å². The van der Waals surface area contributed by atoms with E-state index in [1.54, 1.807) is 13.8 Å². The number of benzene rings is 1. The van der Waals surface area contributed by atoms with Crippen LogP contribution in [-0.4, -0.2) is 40.0 Å². The Bertz CT molecular complexity index is 847. The maximum Gasteiger partial charge on any atom is 0.322 e. The molecule has 0 amide bonds. The van der Waals surface area contributed by atoms with Gasteiger partial charge < -0.3 is 5.11 Å². The number of aliphatic carboxylic acids is 1. The SMILES string of the molecule is CC[C@H](C)[C@H](NS(=O)(=O)c1ccccc1S(=O)(=O)NC1CC1)C(=O)O. The third-order valence-electron chi connectivity index (χ3n) is 4.09. The second-order valence-corrected chi connectivity index (χ2v) is 9.53. The summed E-state index contributed by atoms with van der Waals surface area (Å²) < 4.78 is 54.8. The maximum atomic E-state index is 12.7. The van der Waals surface area contributed by atoms with Crippen molar-refractivity contribution in [3.63, 3.8) is 0 Å². The predicted molar refractivity (Wildman–Crippen MR) is 91.0 cm³/mol. The molecule has 25 heavy (non-hydrogen) atoms. The molecule has 0 saturated heterocycles. The smallest absolute Gasteiger partial charge is 0.322 e. The van der Waals surface area contributed by atoms with E-state index < -0.39 is 42.9 Å². The van der Waals surface area contributed by atoms with Crippen molar-refractivity contribution in [2.75, 3.05) is 0 Å². The van der Waals surface area contributed by atoms with Crippen molar-refractivity contribution in [2.24, 2.45) is 5.92 Å². The van der Waals surface area contributed by atoms with Crippen molar-refractivity contribution in [2.45, 2.75) is 55.0 Å². The van der Waals surface area contributed by atoms with Gasteiger partial charge in [0, 0.05) is 6.04 Å². The fourth-order valence-corrected chi connectivity index (χ4v) is 5.69. The summed E-state index contributed by atoms with van der Waals surface area (Å²) in [6, 6.07) is 3.63. The molecule has 10 heteroatoms. The van der Waals surface area contributed by atoms with Crippen molar-refractivity contribution < 1.29 is 26.7 Å². The molecule has 0 bridgehead atoms. The molecule has 140 valence electrons. The highest BCUT2D eigenvalue weighted by molar-refractivity contribution is 7.92. The van der Waals surface area contributed by atoms with E-state index in [2.05, 4.69) is 9.44 Å². The highest BCUT2D eigenvalue weighted by atomic mass is 32.2. The zero-order chi connectivity index (χ0) is 18.8. The fraction of sp³-hybridized carbons (Fsp3) is 0.533. The van der Waals surface area contributed by atoms with Crippen LogP contribution in [0.5, 0.6) is 0 Å². The number of carboxylic acid groups (broad SMARTS) is 1. The minimum atomic E-state index is -4.34. The molecule has 8 nitrogen and oxygen atoms in total. The lowest BCUT2D eigenvalue weighted by Gasteiger charge is -2.21. The van der Waals surface area contributed by atoms with Crippen LogP contribution in [0.15, 0.2) is 34.1 Å². The second-order valence-electron chi connectivity index (χ2n) is 6.17. The standard InChI is InChI=1S/C15H22N2O6S2/c1-3-10(2)14(15(18)19)17-25(22,23)13-7-5-4-6-12(13)24(20,21)16-11-8-9-11/h4-7,10-11,14,16-17H,3,8-9H2,1-2H3,(H,18,19)/t10-,14-/m0/s1. The third kappa shape index (κ3) is 4.78. The Labute approximate surface area is 147 Å². The summed E-state index contributed by atoms with van der Waals surface area (Å²) in [6.45, 7) is 3.35. The van der Waals surface area contributed by atoms with Crippen LogP contribution in [-0.2, 0) is 24.8 Å². The molecule has 0 unspecified atom stereocenters. The molecule has 2 rings (SSSR count). The molecule has 1 aliphatic rings. The van der Waals surface area contributed by atoms with Gasteiger partial charge in [0.2, 0.25) is 20.0 Å². The van der Waals surface area contributed by atoms with Crippen LogP contribution < -0.4 is 9.44 Å². The molecular weight excluding hydrogens is 368 g/mol. The first-order valence-corrected chi connectivity index (χ1v) is 10.9. The Kier molecular flexibility index (Phi) is 5.87. The largest absolute Gasteiger partial charge is 0.480 e. The van der Waals surface area contributed by atoms with Crippen LogP contribution in [0.1, 0.15) is 33.1 Å². The Balaban J connectivity index is 2.41. The van der Waals surface area contributed by atoms with Crippen molar-refractivity contribution in [3.05, 3.63) is 24.3 Å². The van der Waals surface area contributed by atoms with Crippen LogP contribution in [0.3, 0.4) is 0 Å². The van der Waals surface area contributed by atoms with Gasteiger partial charge in [-0.05, 0) is 30.9 Å². The predicted octanol–water partition coefficient (Wildman–Crippen LogP) is 0.905. The normalized spacial score (nSPS) is 17.8. The Morgan fingerprint density at radius 3 is 2.12 bits per heavy atom. The highest BCUT2D eigenvalue weighted by Crippen LogP contribution is 2.26. The van der Waals surface area contributed by atoms with Gasteiger partial charge in [-0.3, -0.25) is 4.79 Å². The number of nitrogens with one attached hydrogen (secondary N) is 2. The second kappa shape index (κ2) is 7.40. The number of rotatable bonds is 9. The molecule has 1 saturated carbocycles. The molecule has 1 aromatic rings. The van der Waals surface area contributed by atoms with Gasteiger partial charge in [-0.25, -0.2) is 21.6 Å². The van der Waals surface area contributed by atoms with Gasteiger partial charge in [0.1, 0.15) is 15.8 Å². The van der Waals surface area contributed by atoms with Gasteiger partial charge in [-0.2, -0.15) is 4.72 Å². The zero-order valence-corrected chi connectivity index (χ0v) is 15.6. The van der Waals surface area contributed by atoms with E-state index in [1.807, 2.05) is 0 Å². The number of hydrogen-bond donors (Lipinski definition) is 3. The average Bonchev–Trinajstić information content (AvgIpc) is 3.35. The first-order chi connectivity index (χ1) is 11.6. The van der Waals surface area contributed by atoms with E-state index in [0.29, 0.717) is 19.3 Å². The monoisotopic (exact) mass is 390 g/mol. The Morgan fingerprint density at radius 2 is 1.68 bits per heavy atom. The van der Waals surface area contributed by atoms with E-state index in [9.17, 15) is 26.7 Å².